The molecule has 4 aromatic rings. The van der Waals surface area contributed by atoms with Gasteiger partial charge in [-0.25, -0.2) is 0 Å². The number of thiophene rings is 4. The van der Waals surface area contributed by atoms with E-state index in [1.165, 1.54) is 45.2 Å². The predicted octanol–water partition coefficient (Wildman–Crippen LogP) is 10.1. The van der Waals surface area contributed by atoms with Crippen molar-refractivity contribution in [3.8, 4) is 29.3 Å². The molecule has 0 N–H and O–H groups in total. The molecule has 0 aromatic carbocycles. The van der Waals surface area contributed by atoms with Crippen molar-refractivity contribution in [2.24, 2.45) is 0 Å². The lowest BCUT2D eigenvalue weighted by molar-refractivity contribution is 0.0816. The second-order valence-electron chi connectivity index (χ2n) is 8.00. The smallest absolute Gasteiger partial charge is 0.235 e. The second-order valence-corrected chi connectivity index (χ2v) is 14.2. The summed E-state index contributed by atoms with van der Waals surface area (Å²) in [5, 5.41) is 4.25. The summed E-state index contributed by atoms with van der Waals surface area (Å²) < 4.78 is 0. The topological polar surface area (TPSA) is 34.1 Å². The first-order valence-corrected chi connectivity index (χ1v) is 16.8. The van der Waals surface area contributed by atoms with Gasteiger partial charge in [-0.1, -0.05) is 26.7 Å². The summed E-state index contributed by atoms with van der Waals surface area (Å²) in [4.78, 5) is 35.2. The zero-order valence-corrected chi connectivity index (χ0v) is 23.9. The lowest BCUT2D eigenvalue weighted by Crippen LogP contribution is -2.18. The Balaban J connectivity index is 1.51. The molecule has 8 heteroatoms. The van der Waals surface area contributed by atoms with Gasteiger partial charge in [0.2, 0.25) is 11.6 Å². The molecule has 4 aromatic heterocycles. The van der Waals surface area contributed by atoms with Gasteiger partial charge in [0.25, 0.3) is 0 Å². The van der Waals surface area contributed by atoms with Crippen LogP contribution in [0, 0.1) is 0 Å². The highest BCUT2D eigenvalue weighted by molar-refractivity contribution is 7.99. The number of Topliss-reactive ketones (excluding diaryl/α,β-unsaturated/α-hetero) is 2. The minimum atomic E-state index is -0.366. The highest BCUT2D eigenvalue weighted by Gasteiger charge is 2.35. The number of ketones is 2. The summed E-state index contributed by atoms with van der Waals surface area (Å²) in [5.74, 6) is 1.46. The minimum absolute atomic E-state index is 0.366. The van der Waals surface area contributed by atoms with Gasteiger partial charge in [0, 0.05) is 30.7 Å². The number of carbonyl (C=O) groups is 2. The Labute approximate surface area is 224 Å². The molecule has 5 rings (SSSR count). The third kappa shape index (κ3) is 4.65. The van der Waals surface area contributed by atoms with E-state index < -0.39 is 0 Å². The standard InChI is InChI=1S/C26H24O2S6/c1-3-5-9-29-17-7-11-31-25(17)19-13-15-21(27)22(28)16-14-20(34-24(16)23(15)33-19)26-18(8-12-32-26)30-10-6-4-2/h7-8,11-14H,3-6,9-10H2,1-2H3. The average molecular weight is 561 g/mol. The van der Waals surface area contributed by atoms with Crippen molar-refractivity contribution >= 4 is 80.4 Å². The molecule has 34 heavy (non-hydrogen) atoms. The van der Waals surface area contributed by atoms with Gasteiger partial charge >= 0.3 is 0 Å². The lowest BCUT2D eigenvalue weighted by Gasteiger charge is -2.08. The normalized spacial score (nSPS) is 12.9. The molecule has 0 atom stereocenters. The Bertz CT molecular complexity index is 1230. The molecular formula is C26H24O2S6. The maximum Gasteiger partial charge on any atom is 0.235 e. The molecule has 0 unspecified atom stereocenters. The average Bonchev–Trinajstić information content (AvgIpc) is 3.62. The fourth-order valence-electron chi connectivity index (χ4n) is 3.76. The summed E-state index contributed by atoms with van der Waals surface area (Å²) in [6.07, 6.45) is 4.75. The van der Waals surface area contributed by atoms with Crippen LogP contribution in [0.3, 0.4) is 0 Å². The molecule has 0 fully saturated rings. The van der Waals surface area contributed by atoms with Crippen LogP contribution in [0.15, 0.2) is 44.8 Å². The Morgan fingerprint density at radius 2 is 1.12 bits per heavy atom. The van der Waals surface area contributed by atoms with Gasteiger partial charge in [0.15, 0.2) is 0 Å². The van der Waals surface area contributed by atoms with Gasteiger partial charge in [0.1, 0.15) is 0 Å². The first-order chi connectivity index (χ1) is 16.6. The van der Waals surface area contributed by atoms with Crippen LogP contribution in [0.4, 0.5) is 0 Å². The van der Waals surface area contributed by atoms with Gasteiger partial charge in [-0.3, -0.25) is 9.59 Å². The van der Waals surface area contributed by atoms with Crippen molar-refractivity contribution in [2.75, 3.05) is 11.5 Å². The van der Waals surface area contributed by atoms with Crippen molar-refractivity contribution in [1.82, 2.24) is 0 Å². The highest BCUT2D eigenvalue weighted by atomic mass is 32.2. The van der Waals surface area contributed by atoms with E-state index in [0.29, 0.717) is 11.1 Å². The molecular weight excluding hydrogens is 537 g/mol. The van der Waals surface area contributed by atoms with Crippen molar-refractivity contribution in [3.63, 3.8) is 0 Å². The van der Waals surface area contributed by atoms with Crippen molar-refractivity contribution in [3.05, 3.63) is 46.2 Å². The highest BCUT2D eigenvalue weighted by Crippen LogP contribution is 2.51. The van der Waals surface area contributed by atoms with Crippen LogP contribution >= 0.6 is 68.9 Å². The Hall–Kier alpha value is -1.16. The van der Waals surface area contributed by atoms with Gasteiger partial charge in [-0.15, -0.1) is 68.9 Å². The SMILES string of the molecule is CCCCSc1ccsc1-c1cc2c(s1)-c1sc(-c3sccc3SCCCC)cc1C(=O)C2=O. The molecule has 0 saturated carbocycles. The fourth-order valence-corrected chi connectivity index (χ4v) is 11.1. The molecule has 1 aliphatic carbocycles. The molecule has 4 heterocycles. The Kier molecular flexibility index (Phi) is 7.83. The number of hydrogen-bond donors (Lipinski definition) is 0. The molecule has 176 valence electrons. The predicted molar refractivity (Wildman–Crippen MR) is 154 cm³/mol. The van der Waals surface area contributed by atoms with E-state index in [4.69, 9.17) is 0 Å². The first kappa shape index (κ1) is 24.5. The molecule has 0 bridgehead atoms. The number of fused-ring (bicyclic) bond motifs is 3. The van der Waals surface area contributed by atoms with Crippen LogP contribution in [-0.2, 0) is 0 Å². The van der Waals surface area contributed by atoms with Crippen LogP contribution in [0.1, 0.15) is 60.2 Å². The van der Waals surface area contributed by atoms with Crippen molar-refractivity contribution < 1.29 is 9.59 Å². The summed E-state index contributed by atoms with van der Waals surface area (Å²) in [6, 6.07) is 8.26. The summed E-state index contributed by atoms with van der Waals surface area (Å²) in [6.45, 7) is 4.42. The van der Waals surface area contributed by atoms with Gasteiger partial charge in [-0.05, 0) is 59.4 Å². The van der Waals surface area contributed by atoms with Gasteiger partial charge in [0.05, 0.1) is 19.5 Å². The maximum atomic E-state index is 13.1. The van der Waals surface area contributed by atoms with Crippen molar-refractivity contribution in [2.45, 2.75) is 49.3 Å². The maximum absolute atomic E-state index is 13.1. The lowest BCUT2D eigenvalue weighted by atomic mass is 9.95. The summed E-state index contributed by atoms with van der Waals surface area (Å²) in [7, 11) is 0. The molecule has 0 radical (unpaired) electrons. The number of hydrogen-bond acceptors (Lipinski definition) is 8. The monoisotopic (exact) mass is 560 g/mol. The van der Waals surface area contributed by atoms with Gasteiger partial charge in [-0.2, -0.15) is 0 Å². The van der Waals surface area contributed by atoms with E-state index in [1.54, 1.807) is 45.3 Å². The molecule has 1 aliphatic rings. The zero-order chi connectivity index (χ0) is 23.7. The zero-order valence-electron chi connectivity index (χ0n) is 19.0. The summed E-state index contributed by atoms with van der Waals surface area (Å²) >= 11 is 10.5. The number of rotatable bonds is 10. The van der Waals surface area contributed by atoms with Crippen LogP contribution in [-0.4, -0.2) is 23.1 Å². The van der Waals surface area contributed by atoms with Gasteiger partial charge < -0.3 is 0 Å². The van der Waals surface area contributed by atoms with Crippen LogP contribution in [0.5, 0.6) is 0 Å². The molecule has 0 spiro atoms. The number of unbranched alkanes of at least 4 members (excludes halogenated alkanes) is 2. The van der Waals surface area contributed by atoms with Crippen molar-refractivity contribution in [1.29, 1.82) is 0 Å². The first-order valence-electron chi connectivity index (χ1n) is 11.4. The third-order valence-electron chi connectivity index (χ3n) is 5.58. The molecule has 0 amide bonds. The van der Waals surface area contributed by atoms with E-state index in [9.17, 15) is 9.59 Å². The van der Waals surface area contributed by atoms with Crippen LogP contribution in [0.2, 0.25) is 0 Å². The fraction of sp³-hybridized carbons (Fsp3) is 0.308. The third-order valence-corrected chi connectivity index (χ3v) is 12.8. The van der Waals surface area contributed by atoms with E-state index in [0.717, 1.165) is 31.0 Å². The quantitative estimate of drug-likeness (QED) is 0.110. The van der Waals surface area contributed by atoms with E-state index in [1.807, 2.05) is 35.7 Å². The number of carbonyl (C=O) groups excluding carboxylic acids is 2. The van der Waals surface area contributed by atoms with Crippen LogP contribution in [0.25, 0.3) is 29.3 Å². The molecule has 0 saturated heterocycles. The molecule has 2 nitrogen and oxygen atoms in total. The Morgan fingerprint density at radius 3 is 1.53 bits per heavy atom. The van der Waals surface area contributed by atoms with E-state index in [-0.39, 0.29) is 11.6 Å². The van der Waals surface area contributed by atoms with E-state index >= 15 is 0 Å². The second kappa shape index (κ2) is 10.8. The molecule has 0 aliphatic heterocycles. The van der Waals surface area contributed by atoms with E-state index in [2.05, 4.69) is 36.7 Å². The van der Waals surface area contributed by atoms with Crippen LogP contribution < -0.4 is 0 Å². The summed E-state index contributed by atoms with van der Waals surface area (Å²) in [5.41, 5.74) is 1.15. The Morgan fingerprint density at radius 1 is 0.676 bits per heavy atom. The largest absolute Gasteiger partial charge is 0.285 e. The number of thioether (sulfide) groups is 2. The minimum Gasteiger partial charge on any atom is -0.285 e.